The molecule has 0 spiro atoms. The minimum atomic E-state index is -0.998. The molecule has 0 saturated carbocycles. The summed E-state index contributed by atoms with van der Waals surface area (Å²) in [4.78, 5) is 22.2. The second kappa shape index (κ2) is 6.41. The molecule has 112 valence electrons. The van der Waals surface area contributed by atoms with Gasteiger partial charge < -0.3 is 20.3 Å². The first-order valence-corrected chi connectivity index (χ1v) is 6.61. The van der Waals surface area contributed by atoms with Gasteiger partial charge in [0, 0.05) is 5.69 Å². The molecule has 3 atom stereocenters. The normalized spacial score (nSPS) is 23.0. The van der Waals surface area contributed by atoms with Crippen LogP contribution in [-0.2, 0) is 9.53 Å². The van der Waals surface area contributed by atoms with Gasteiger partial charge in [-0.1, -0.05) is 12.2 Å². The fourth-order valence-corrected chi connectivity index (χ4v) is 2.25. The lowest BCUT2D eigenvalue weighted by molar-refractivity contribution is -0.144. The van der Waals surface area contributed by atoms with Gasteiger partial charge in [-0.3, -0.25) is 4.79 Å². The largest absolute Gasteiger partial charge is 0.478 e. The molecule has 1 fully saturated rings. The van der Waals surface area contributed by atoms with Crippen LogP contribution in [0.15, 0.2) is 36.4 Å². The number of aliphatic hydroxyl groups is 1. The molecule has 1 heterocycles. The van der Waals surface area contributed by atoms with E-state index in [0.29, 0.717) is 5.69 Å². The fraction of sp³-hybridized carbons (Fsp3) is 0.333. The Labute approximate surface area is 122 Å². The molecular weight excluding hydrogens is 274 g/mol. The number of benzene rings is 1. The molecule has 1 aliphatic heterocycles. The van der Waals surface area contributed by atoms with E-state index in [1.807, 2.05) is 0 Å². The molecule has 2 rings (SSSR count). The minimum absolute atomic E-state index is 0.153. The Morgan fingerprint density at radius 1 is 1.43 bits per heavy atom. The molecule has 0 bridgehead atoms. The minimum Gasteiger partial charge on any atom is -0.478 e. The van der Waals surface area contributed by atoms with Gasteiger partial charge >= 0.3 is 11.9 Å². The molecule has 1 aromatic carbocycles. The van der Waals surface area contributed by atoms with Crippen LogP contribution in [-0.4, -0.2) is 40.4 Å². The molecule has 0 aliphatic carbocycles. The molecule has 1 aliphatic rings. The van der Waals surface area contributed by atoms with E-state index in [9.17, 15) is 14.7 Å². The van der Waals surface area contributed by atoms with Gasteiger partial charge in [0.1, 0.15) is 6.10 Å². The number of hydrogen-bond acceptors (Lipinski definition) is 5. The monoisotopic (exact) mass is 291 g/mol. The van der Waals surface area contributed by atoms with Crippen molar-refractivity contribution in [3.8, 4) is 0 Å². The van der Waals surface area contributed by atoms with Gasteiger partial charge in [0.15, 0.2) is 6.10 Å². The number of carboxylic acid groups (broad SMARTS) is 1. The summed E-state index contributed by atoms with van der Waals surface area (Å²) in [5.74, 6) is -1.37. The number of hydrogen-bond donors (Lipinski definition) is 3. The van der Waals surface area contributed by atoms with E-state index in [2.05, 4.69) is 5.32 Å². The Morgan fingerprint density at radius 3 is 2.67 bits per heavy atom. The average Bonchev–Trinajstić information content (AvgIpc) is 2.80. The van der Waals surface area contributed by atoms with Crippen molar-refractivity contribution in [2.24, 2.45) is 0 Å². The molecular formula is C15H17NO5. The predicted molar refractivity (Wildman–Crippen MR) is 76.1 cm³/mol. The van der Waals surface area contributed by atoms with E-state index in [4.69, 9.17) is 9.84 Å². The molecule has 1 aromatic rings. The van der Waals surface area contributed by atoms with E-state index in [1.165, 1.54) is 12.1 Å². The molecule has 6 heteroatoms. The Kier molecular flexibility index (Phi) is 4.59. The summed E-state index contributed by atoms with van der Waals surface area (Å²) in [6.07, 6.45) is 1.87. The van der Waals surface area contributed by atoms with Crippen molar-refractivity contribution < 1.29 is 24.5 Å². The highest BCUT2D eigenvalue weighted by Gasteiger charge is 2.38. The van der Waals surface area contributed by atoms with Crippen LogP contribution in [0.1, 0.15) is 23.7 Å². The van der Waals surface area contributed by atoms with Crippen molar-refractivity contribution in [3.05, 3.63) is 42.0 Å². The zero-order valence-corrected chi connectivity index (χ0v) is 11.5. The second-order valence-electron chi connectivity index (χ2n) is 4.81. The first kappa shape index (κ1) is 15.1. The quantitative estimate of drug-likeness (QED) is 0.561. The number of rotatable bonds is 5. The van der Waals surface area contributed by atoms with E-state index in [0.717, 1.165) is 0 Å². The third kappa shape index (κ3) is 3.61. The third-order valence-electron chi connectivity index (χ3n) is 3.26. The summed E-state index contributed by atoms with van der Waals surface area (Å²) in [7, 11) is 0. The number of ether oxygens (including phenoxy) is 1. The van der Waals surface area contributed by atoms with Crippen LogP contribution in [0.3, 0.4) is 0 Å². The highest BCUT2D eigenvalue weighted by molar-refractivity contribution is 5.88. The first-order chi connectivity index (χ1) is 10.0. The number of esters is 1. The maximum Gasteiger partial charge on any atom is 0.335 e. The summed E-state index contributed by atoms with van der Waals surface area (Å²) >= 11 is 0. The van der Waals surface area contributed by atoms with Gasteiger partial charge in [-0.15, -0.1) is 0 Å². The number of allylic oxidation sites excluding steroid dienone is 1. The number of carbonyl (C=O) groups excluding carboxylic acids is 1. The molecule has 0 amide bonds. The first-order valence-electron chi connectivity index (χ1n) is 6.61. The van der Waals surface area contributed by atoms with E-state index in [-0.39, 0.29) is 24.0 Å². The standard InChI is InChI=1S/C15H17NO5/c1-2-3-12(17)14-11(8-13(18)21-14)16-10-6-4-9(5-7-10)15(19)20/h2-7,11-12,14,16-17H,8H2,1H3,(H,19,20)/b3-2+/t11-,12-,14-/m0/s1. The topological polar surface area (TPSA) is 95.9 Å². The predicted octanol–water partition coefficient (Wildman–Crippen LogP) is 1.42. The molecule has 0 unspecified atom stereocenters. The van der Waals surface area contributed by atoms with Crippen molar-refractivity contribution in [2.75, 3.05) is 5.32 Å². The Bertz CT molecular complexity index is 552. The lowest BCUT2D eigenvalue weighted by atomic mass is 10.0. The fourth-order valence-electron chi connectivity index (χ4n) is 2.25. The summed E-state index contributed by atoms with van der Waals surface area (Å²) < 4.78 is 5.13. The number of aliphatic hydroxyl groups excluding tert-OH is 1. The number of cyclic esters (lactones) is 1. The van der Waals surface area contributed by atoms with Crippen LogP contribution in [0.2, 0.25) is 0 Å². The molecule has 21 heavy (non-hydrogen) atoms. The highest BCUT2D eigenvalue weighted by atomic mass is 16.6. The van der Waals surface area contributed by atoms with Crippen molar-refractivity contribution >= 4 is 17.6 Å². The average molecular weight is 291 g/mol. The maximum atomic E-state index is 11.4. The second-order valence-corrected chi connectivity index (χ2v) is 4.81. The zero-order valence-electron chi connectivity index (χ0n) is 11.5. The number of anilines is 1. The van der Waals surface area contributed by atoms with Crippen molar-refractivity contribution in [2.45, 2.75) is 31.6 Å². The maximum absolute atomic E-state index is 11.4. The smallest absolute Gasteiger partial charge is 0.335 e. The lowest BCUT2D eigenvalue weighted by Gasteiger charge is -2.22. The van der Waals surface area contributed by atoms with Crippen molar-refractivity contribution in [1.82, 2.24) is 0 Å². The molecule has 0 radical (unpaired) electrons. The van der Waals surface area contributed by atoms with Gasteiger partial charge in [0.2, 0.25) is 0 Å². The Balaban J connectivity index is 2.09. The van der Waals surface area contributed by atoms with Crippen LogP contribution >= 0.6 is 0 Å². The summed E-state index contributed by atoms with van der Waals surface area (Å²) in [5.41, 5.74) is 0.853. The summed E-state index contributed by atoms with van der Waals surface area (Å²) in [5, 5.41) is 21.9. The number of carboxylic acids is 1. The SMILES string of the molecule is C/C=C/[C@H](O)[C@H]1OC(=O)C[C@@H]1Nc1ccc(C(=O)O)cc1. The number of carbonyl (C=O) groups is 2. The molecule has 0 aromatic heterocycles. The molecule has 6 nitrogen and oxygen atoms in total. The highest BCUT2D eigenvalue weighted by Crippen LogP contribution is 2.23. The van der Waals surface area contributed by atoms with Crippen molar-refractivity contribution in [1.29, 1.82) is 0 Å². The molecule has 3 N–H and O–H groups in total. The van der Waals surface area contributed by atoms with Crippen LogP contribution in [0.5, 0.6) is 0 Å². The van der Waals surface area contributed by atoms with E-state index >= 15 is 0 Å². The third-order valence-corrected chi connectivity index (χ3v) is 3.26. The zero-order chi connectivity index (χ0) is 15.4. The summed E-state index contributed by atoms with van der Waals surface area (Å²) in [6, 6.07) is 5.81. The lowest BCUT2D eigenvalue weighted by Crippen LogP contribution is -2.38. The van der Waals surface area contributed by atoms with Gasteiger partial charge in [-0.05, 0) is 31.2 Å². The van der Waals surface area contributed by atoms with Gasteiger partial charge in [-0.25, -0.2) is 4.79 Å². The van der Waals surface area contributed by atoms with Gasteiger partial charge in [0.25, 0.3) is 0 Å². The van der Waals surface area contributed by atoms with Gasteiger partial charge in [-0.2, -0.15) is 0 Å². The van der Waals surface area contributed by atoms with Crippen molar-refractivity contribution in [3.63, 3.8) is 0 Å². The van der Waals surface area contributed by atoms with E-state index < -0.39 is 18.2 Å². The van der Waals surface area contributed by atoms with E-state index in [1.54, 1.807) is 31.2 Å². The van der Waals surface area contributed by atoms with Crippen LogP contribution < -0.4 is 5.32 Å². The van der Waals surface area contributed by atoms with Gasteiger partial charge in [0.05, 0.1) is 18.0 Å². The van der Waals surface area contributed by atoms with Crippen LogP contribution in [0.4, 0.5) is 5.69 Å². The summed E-state index contributed by atoms with van der Waals surface area (Å²) in [6.45, 7) is 1.77. The Hall–Kier alpha value is -2.34. The van der Waals surface area contributed by atoms with Crippen LogP contribution in [0.25, 0.3) is 0 Å². The molecule has 1 saturated heterocycles. The Morgan fingerprint density at radius 2 is 2.10 bits per heavy atom. The number of aromatic carboxylic acids is 1. The number of nitrogens with one attached hydrogen (secondary N) is 1. The van der Waals surface area contributed by atoms with Crippen LogP contribution in [0, 0.1) is 0 Å².